The van der Waals surface area contributed by atoms with Crippen LogP contribution in [0.15, 0.2) is 32.7 Å². The van der Waals surface area contributed by atoms with Crippen molar-refractivity contribution in [1.29, 1.82) is 0 Å². The molecule has 1 aromatic carbocycles. The zero-order valence-corrected chi connectivity index (χ0v) is 10.4. The molecule has 8 nitrogen and oxygen atoms in total. The molecule has 0 saturated carbocycles. The van der Waals surface area contributed by atoms with E-state index in [4.69, 9.17) is 9.52 Å². The number of hydrogen-bond donors (Lipinski definition) is 1. The summed E-state index contributed by atoms with van der Waals surface area (Å²) in [4.78, 5) is 21.3. The van der Waals surface area contributed by atoms with Gasteiger partial charge in [0.1, 0.15) is 0 Å². The van der Waals surface area contributed by atoms with Crippen molar-refractivity contribution in [3.63, 3.8) is 0 Å². The highest BCUT2D eigenvalue weighted by atomic mass is 32.2. The van der Waals surface area contributed by atoms with Crippen molar-refractivity contribution >= 4 is 23.4 Å². The van der Waals surface area contributed by atoms with Crippen LogP contribution >= 0.6 is 11.8 Å². The first-order valence-corrected chi connectivity index (χ1v) is 5.78. The molecule has 2 aromatic rings. The predicted octanol–water partition coefficient (Wildman–Crippen LogP) is 2.14. The van der Waals surface area contributed by atoms with Crippen LogP contribution in [0.1, 0.15) is 16.2 Å². The van der Waals surface area contributed by atoms with E-state index in [1.807, 2.05) is 0 Å². The van der Waals surface area contributed by atoms with Gasteiger partial charge in [-0.3, -0.25) is 10.1 Å². The Morgan fingerprint density at radius 1 is 1.47 bits per heavy atom. The number of aryl methyl sites for hydroxylation is 1. The highest BCUT2D eigenvalue weighted by Crippen LogP contribution is 2.31. The normalized spacial score (nSPS) is 10.4. The minimum atomic E-state index is -1.26. The lowest BCUT2D eigenvalue weighted by molar-refractivity contribution is -0.384. The molecule has 0 spiro atoms. The maximum Gasteiger partial charge on any atom is 0.337 e. The Morgan fingerprint density at radius 3 is 2.74 bits per heavy atom. The van der Waals surface area contributed by atoms with Gasteiger partial charge in [0.05, 0.1) is 10.5 Å². The highest BCUT2D eigenvalue weighted by molar-refractivity contribution is 7.99. The molecule has 0 aliphatic heterocycles. The summed E-state index contributed by atoms with van der Waals surface area (Å²) in [6.45, 7) is 1.60. The van der Waals surface area contributed by atoms with Gasteiger partial charge in [-0.25, -0.2) is 4.79 Å². The molecule has 0 unspecified atom stereocenters. The molecule has 0 radical (unpaired) electrons. The summed E-state index contributed by atoms with van der Waals surface area (Å²) < 4.78 is 5.11. The number of nitrogens with zero attached hydrogens (tertiary/aromatic N) is 3. The topological polar surface area (TPSA) is 119 Å². The largest absolute Gasteiger partial charge is 0.478 e. The van der Waals surface area contributed by atoms with Crippen molar-refractivity contribution in [1.82, 2.24) is 10.2 Å². The Labute approximate surface area is 110 Å². The van der Waals surface area contributed by atoms with Gasteiger partial charge in [0.25, 0.3) is 10.9 Å². The summed E-state index contributed by atoms with van der Waals surface area (Å²) in [6, 6.07) is 3.55. The number of carbonyl (C=O) groups is 1. The van der Waals surface area contributed by atoms with Crippen molar-refractivity contribution in [3.05, 3.63) is 39.8 Å². The number of aromatic nitrogens is 2. The molecule has 0 amide bonds. The number of nitro groups is 1. The number of nitro benzene ring substituents is 1. The SMILES string of the molecule is Cc1nnc(Sc2ccc([N+](=O)[O-])cc2C(=O)O)o1. The van der Waals surface area contributed by atoms with E-state index in [1.54, 1.807) is 6.92 Å². The number of carboxylic acids is 1. The van der Waals surface area contributed by atoms with Crippen LogP contribution < -0.4 is 0 Å². The zero-order chi connectivity index (χ0) is 14.0. The molecule has 0 fully saturated rings. The molecule has 19 heavy (non-hydrogen) atoms. The summed E-state index contributed by atoms with van der Waals surface area (Å²) in [5.74, 6) is -0.913. The van der Waals surface area contributed by atoms with Crippen LogP contribution in [0.3, 0.4) is 0 Å². The molecule has 1 N–H and O–H groups in total. The molecule has 1 aromatic heterocycles. The Bertz CT molecular complexity index is 654. The number of non-ortho nitro benzene ring substituents is 1. The standard InChI is InChI=1S/C10H7N3O5S/c1-5-11-12-10(18-5)19-8-3-2-6(13(16)17)4-7(8)9(14)15/h2-4H,1H3,(H,14,15). The zero-order valence-electron chi connectivity index (χ0n) is 9.56. The molecular weight excluding hydrogens is 274 g/mol. The summed E-state index contributed by atoms with van der Waals surface area (Å²) in [7, 11) is 0. The van der Waals surface area contributed by atoms with E-state index in [0.717, 1.165) is 17.8 Å². The van der Waals surface area contributed by atoms with Gasteiger partial charge in [-0.15, -0.1) is 10.2 Å². The summed E-state index contributed by atoms with van der Waals surface area (Å²) in [6.07, 6.45) is 0. The summed E-state index contributed by atoms with van der Waals surface area (Å²) in [5, 5.41) is 27.2. The lowest BCUT2D eigenvalue weighted by atomic mass is 10.2. The number of benzene rings is 1. The summed E-state index contributed by atoms with van der Waals surface area (Å²) in [5.41, 5.74) is -0.474. The number of carboxylic acid groups (broad SMARTS) is 1. The van der Waals surface area contributed by atoms with Gasteiger partial charge >= 0.3 is 5.97 Å². The second kappa shape index (κ2) is 5.06. The van der Waals surface area contributed by atoms with E-state index < -0.39 is 10.9 Å². The van der Waals surface area contributed by atoms with Crippen molar-refractivity contribution in [3.8, 4) is 0 Å². The van der Waals surface area contributed by atoms with E-state index in [2.05, 4.69) is 10.2 Å². The van der Waals surface area contributed by atoms with Crippen LogP contribution in [0.4, 0.5) is 5.69 Å². The fourth-order valence-electron chi connectivity index (χ4n) is 1.30. The molecule has 0 bridgehead atoms. The molecule has 2 rings (SSSR count). The Hall–Kier alpha value is -2.42. The molecule has 0 atom stereocenters. The molecular formula is C10H7N3O5S. The van der Waals surface area contributed by atoms with Crippen LogP contribution in [-0.2, 0) is 0 Å². The predicted molar refractivity (Wildman–Crippen MR) is 63.2 cm³/mol. The fraction of sp³-hybridized carbons (Fsp3) is 0.100. The Morgan fingerprint density at radius 2 is 2.21 bits per heavy atom. The monoisotopic (exact) mass is 281 g/mol. The van der Waals surface area contributed by atoms with Gasteiger partial charge in [-0.1, -0.05) is 0 Å². The lowest BCUT2D eigenvalue weighted by Gasteiger charge is -2.02. The number of hydrogen-bond acceptors (Lipinski definition) is 7. The maximum absolute atomic E-state index is 11.1. The first-order valence-electron chi connectivity index (χ1n) is 4.97. The molecule has 1 heterocycles. The Kier molecular flexibility index (Phi) is 3.47. The van der Waals surface area contributed by atoms with Crippen molar-refractivity contribution in [2.45, 2.75) is 17.0 Å². The van der Waals surface area contributed by atoms with Gasteiger partial charge in [-0.05, 0) is 17.8 Å². The van der Waals surface area contributed by atoms with Crippen molar-refractivity contribution in [2.24, 2.45) is 0 Å². The summed E-state index contributed by atoms with van der Waals surface area (Å²) >= 11 is 0.940. The van der Waals surface area contributed by atoms with Crippen LogP contribution in [0, 0.1) is 17.0 Å². The van der Waals surface area contributed by atoms with E-state index in [1.165, 1.54) is 12.1 Å². The van der Waals surface area contributed by atoms with E-state index in [-0.39, 0.29) is 16.5 Å². The molecule has 9 heteroatoms. The van der Waals surface area contributed by atoms with Crippen molar-refractivity contribution < 1.29 is 19.2 Å². The smallest absolute Gasteiger partial charge is 0.337 e. The van der Waals surface area contributed by atoms with E-state index in [9.17, 15) is 14.9 Å². The average Bonchev–Trinajstić information content (AvgIpc) is 2.74. The molecule has 0 saturated heterocycles. The fourth-order valence-corrected chi connectivity index (χ4v) is 2.13. The van der Waals surface area contributed by atoms with E-state index in [0.29, 0.717) is 10.8 Å². The van der Waals surface area contributed by atoms with Crippen LogP contribution in [0.25, 0.3) is 0 Å². The third-order valence-electron chi connectivity index (χ3n) is 2.11. The second-order valence-corrected chi connectivity index (χ2v) is 4.42. The maximum atomic E-state index is 11.1. The lowest BCUT2D eigenvalue weighted by Crippen LogP contribution is -2.00. The van der Waals surface area contributed by atoms with Crippen molar-refractivity contribution in [2.75, 3.05) is 0 Å². The third kappa shape index (κ3) is 2.88. The van der Waals surface area contributed by atoms with Gasteiger partial charge in [0.2, 0.25) is 5.89 Å². The van der Waals surface area contributed by atoms with Crippen LogP contribution in [0.2, 0.25) is 0 Å². The number of aromatic carboxylic acids is 1. The van der Waals surface area contributed by atoms with Gasteiger partial charge in [-0.2, -0.15) is 0 Å². The quantitative estimate of drug-likeness (QED) is 0.668. The minimum absolute atomic E-state index is 0.175. The number of rotatable bonds is 4. The Balaban J connectivity index is 2.39. The molecule has 0 aliphatic carbocycles. The highest BCUT2D eigenvalue weighted by Gasteiger charge is 2.18. The average molecular weight is 281 g/mol. The third-order valence-corrected chi connectivity index (χ3v) is 3.02. The van der Waals surface area contributed by atoms with Gasteiger partial charge in [0.15, 0.2) is 0 Å². The molecule has 0 aliphatic rings. The minimum Gasteiger partial charge on any atom is -0.478 e. The molecule has 98 valence electrons. The second-order valence-electron chi connectivity index (χ2n) is 3.43. The van der Waals surface area contributed by atoms with Crippen LogP contribution in [0.5, 0.6) is 0 Å². The first-order chi connectivity index (χ1) is 8.97. The van der Waals surface area contributed by atoms with E-state index >= 15 is 0 Å². The van der Waals surface area contributed by atoms with Gasteiger partial charge in [0, 0.05) is 24.0 Å². The first kappa shape index (κ1) is 13.0. The van der Waals surface area contributed by atoms with Gasteiger partial charge < -0.3 is 9.52 Å². The van der Waals surface area contributed by atoms with Crippen LogP contribution in [-0.4, -0.2) is 26.2 Å².